The number of hydrogen-bond acceptors (Lipinski definition) is 6. The molecule has 0 fully saturated rings. The van der Waals surface area contributed by atoms with Crippen LogP contribution in [0, 0.1) is 6.92 Å². The van der Waals surface area contributed by atoms with Gasteiger partial charge in [-0.15, -0.1) is 5.10 Å². The van der Waals surface area contributed by atoms with Crippen molar-refractivity contribution in [2.24, 2.45) is 0 Å². The van der Waals surface area contributed by atoms with Crippen LogP contribution in [-0.2, 0) is 23.2 Å². The van der Waals surface area contributed by atoms with Crippen LogP contribution in [-0.4, -0.2) is 59.9 Å². The van der Waals surface area contributed by atoms with Crippen molar-refractivity contribution < 1.29 is 13.2 Å². The number of fused-ring (bicyclic) bond motifs is 2. The fourth-order valence-corrected chi connectivity index (χ4v) is 5.22. The van der Waals surface area contributed by atoms with Gasteiger partial charge in [-0.1, -0.05) is 18.2 Å². The summed E-state index contributed by atoms with van der Waals surface area (Å²) in [7, 11) is -0.600. The molecule has 0 saturated carbocycles. The molecule has 0 radical (unpaired) electrons. The summed E-state index contributed by atoms with van der Waals surface area (Å²) >= 11 is 0. The zero-order valence-electron chi connectivity index (χ0n) is 16.8. The first kappa shape index (κ1) is 19.9. The standard InChI is InChI=1S/C19H26N6O3S/c1-12-5-4-6-13-14(7-9-21-17(12)13)19(26)25-16-11-24(29(27,28)23(2)3)10-8-15(16)18(20)22-25/h4-6,14,21H,7-11H2,1-3H3,(H2,20,22). The average molecular weight is 419 g/mol. The number of aromatic nitrogens is 2. The highest BCUT2D eigenvalue weighted by atomic mass is 32.2. The van der Waals surface area contributed by atoms with Crippen molar-refractivity contribution in [3.8, 4) is 0 Å². The van der Waals surface area contributed by atoms with Gasteiger partial charge in [0.05, 0.1) is 18.2 Å². The molecule has 0 spiro atoms. The Hall–Kier alpha value is -2.43. The Morgan fingerprint density at radius 1 is 1.34 bits per heavy atom. The van der Waals surface area contributed by atoms with E-state index in [9.17, 15) is 13.2 Å². The van der Waals surface area contributed by atoms with Gasteiger partial charge in [0.1, 0.15) is 5.82 Å². The zero-order valence-corrected chi connectivity index (χ0v) is 17.7. The molecule has 10 heteroatoms. The van der Waals surface area contributed by atoms with Crippen LogP contribution in [0.15, 0.2) is 18.2 Å². The predicted molar refractivity (Wildman–Crippen MR) is 111 cm³/mol. The summed E-state index contributed by atoms with van der Waals surface area (Å²) in [5, 5.41) is 7.69. The van der Waals surface area contributed by atoms with Crippen LogP contribution in [0.4, 0.5) is 11.5 Å². The molecule has 1 aromatic heterocycles. The Morgan fingerprint density at radius 2 is 2.10 bits per heavy atom. The summed E-state index contributed by atoms with van der Waals surface area (Å²) in [4.78, 5) is 13.5. The van der Waals surface area contributed by atoms with Gasteiger partial charge < -0.3 is 11.1 Å². The van der Waals surface area contributed by atoms with Gasteiger partial charge in [-0.05, 0) is 30.9 Å². The van der Waals surface area contributed by atoms with Crippen molar-refractivity contribution in [2.45, 2.75) is 32.2 Å². The maximum absolute atomic E-state index is 13.5. The van der Waals surface area contributed by atoms with E-state index in [-0.39, 0.29) is 18.4 Å². The minimum atomic E-state index is -3.59. The number of nitrogens with zero attached hydrogens (tertiary/aromatic N) is 4. The third-order valence-electron chi connectivity index (χ3n) is 5.77. The van der Waals surface area contributed by atoms with E-state index in [0.717, 1.165) is 22.4 Å². The molecule has 9 nitrogen and oxygen atoms in total. The van der Waals surface area contributed by atoms with Crippen molar-refractivity contribution in [3.05, 3.63) is 40.6 Å². The van der Waals surface area contributed by atoms with E-state index in [2.05, 4.69) is 10.4 Å². The van der Waals surface area contributed by atoms with Gasteiger partial charge >= 0.3 is 0 Å². The van der Waals surface area contributed by atoms with E-state index >= 15 is 0 Å². The second kappa shape index (κ2) is 7.12. The monoisotopic (exact) mass is 418 g/mol. The molecule has 1 unspecified atom stereocenters. The number of benzene rings is 1. The van der Waals surface area contributed by atoms with Crippen molar-refractivity contribution in [3.63, 3.8) is 0 Å². The molecule has 156 valence electrons. The molecule has 2 aliphatic rings. The molecule has 3 heterocycles. The smallest absolute Gasteiger partial charge is 0.281 e. The van der Waals surface area contributed by atoms with Crippen LogP contribution < -0.4 is 11.1 Å². The molecule has 2 aromatic rings. The molecule has 0 bridgehead atoms. The predicted octanol–water partition coefficient (Wildman–Crippen LogP) is 1.18. The number of para-hydroxylation sites is 1. The lowest BCUT2D eigenvalue weighted by Gasteiger charge is -2.30. The van der Waals surface area contributed by atoms with E-state index < -0.39 is 10.2 Å². The van der Waals surface area contributed by atoms with Gasteiger partial charge in [0, 0.05) is 38.4 Å². The van der Waals surface area contributed by atoms with E-state index in [0.29, 0.717) is 37.4 Å². The first-order valence-corrected chi connectivity index (χ1v) is 11.0. The third kappa shape index (κ3) is 3.21. The number of aryl methyl sites for hydroxylation is 1. The van der Waals surface area contributed by atoms with Crippen molar-refractivity contribution in [2.75, 3.05) is 38.2 Å². The highest BCUT2D eigenvalue weighted by Crippen LogP contribution is 2.36. The maximum Gasteiger partial charge on any atom is 0.281 e. The molecule has 29 heavy (non-hydrogen) atoms. The summed E-state index contributed by atoms with van der Waals surface area (Å²) in [5.41, 5.74) is 10.4. The Kier molecular flexibility index (Phi) is 4.88. The molecule has 0 aliphatic carbocycles. The molecule has 0 amide bonds. The maximum atomic E-state index is 13.5. The second-order valence-corrected chi connectivity index (χ2v) is 9.88. The molecule has 1 atom stereocenters. The second-order valence-electron chi connectivity index (χ2n) is 7.74. The number of nitrogen functional groups attached to an aromatic ring is 1. The number of hydrogen-bond donors (Lipinski definition) is 2. The Labute approximate surface area is 170 Å². The van der Waals surface area contributed by atoms with Crippen LogP contribution in [0.2, 0.25) is 0 Å². The van der Waals surface area contributed by atoms with Crippen molar-refractivity contribution in [1.29, 1.82) is 0 Å². The van der Waals surface area contributed by atoms with Crippen LogP contribution in [0.3, 0.4) is 0 Å². The lowest BCUT2D eigenvalue weighted by Crippen LogP contribution is -2.43. The molecule has 0 saturated heterocycles. The number of carbonyl (C=O) groups is 1. The molecule has 4 rings (SSSR count). The number of carbonyl (C=O) groups excluding carboxylic acids is 1. The van der Waals surface area contributed by atoms with E-state index in [1.54, 1.807) is 0 Å². The summed E-state index contributed by atoms with van der Waals surface area (Å²) in [5.74, 6) is -0.223. The van der Waals surface area contributed by atoms with Gasteiger partial charge in [0.2, 0.25) is 0 Å². The van der Waals surface area contributed by atoms with Gasteiger partial charge in [0.25, 0.3) is 16.1 Å². The van der Waals surface area contributed by atoms with Gasteiger partial charge in [-0.3, -0.25) is 4.79 Å². The van der Waals surface area contributed by atoms with Crippen LogP contribution in [0.5, 0.6) is 0 Å². The number of nitrogens with one attached hydrogen (secondary N) is 1. The first-order chi connectivity index (χ1) is 13.7. The highest BCUT2D eigenvalue weighted by Gasteiger charge is 2.36. The largest absolute Gasteiger partial charge is 0.385 e. The number of anilines is 2. The SMILES string of the molecule is Cc1cccc2c1NCCC2C(=O)n1nc(N)c2c1CN(S(=O)(=O)N(C)C)CC2. The van der Waals surface area contributed by atoms with Crippen LogP contribution >= 0.6 is 0 Å². The lowest BCUT2D eigenvalue weighted by molar-refractivity contribution is 0.0850. The summed E-state index contributed by atoms with van der Waals surface area (Å²) in [6, 6.07) is 5.91. The van der Waals surface area contributed by atoms with Crippen molar-refractivity contribution in [1.82, 2.24) is 18.4 Å². The Bertz CT molecular complexity index is 1080. The number of nitrogens with two attached hydrogens (primary N) is 1. The van der Waals surface area contributed by atoms with E-state index in [1.807, 2.05) is 25.1 Å². The van der Waals surface area contributed by atoms with Gasteiger partial charge in [0.15, 0.2) is 0 Å². The van der Waals surface area contributed by atoms with Gasteiger partial charge in [-0.2, -0.15) is 17.0 Å². The summed E-state index contributed by atoms with van der Waals surface area (Å²) in [6.07, 6.45) is 1.08. The fraction of sp³-hybridized carbons (Fsp3) is 0.474. The minimum Gasteiger partial charge on any atom is -0.385 e. The lowest BCUT2D eigenvalue weighted by atomic mass is 9.88. The van der Waals surface area contributed by atoms with Crippen LogP contribution in [0.25, 0.3) is 0 Å². The Morgan fingerprint density at radius 3 is 2.83 bits per heavy atom. The third-order valence-corrected chi connectivity index (χ3v) is 7.66. The van der Waals surface area contributed by atoms with Gasteiger partial charge in [-0.25, -0.2) is 4.68 Å². The summed E-state index contributed by atoms with van der Waals surface area (Å²) in [6.45, 7) is 3.09. The molecular weight excluding hydrogens is 392 g/mol. The Balaban J connectivity index is 1.72. The molecule has 3 N–H and O–H groups in total. The number of rotatable bonds is 3. The van der Waals surface area contributed by atoms with E-state index in [1.165, 1.54) is 27.4 Å². The zero-order chi connectivity index (χ0) is 20.9. The van der Waals surface area contributed by atoms with E-state index in [4.69, 9.17) is 5.73 Å². The van der Waals surface area contributed by atoms with Crippen molar-refractivity contribution >= 4 is 27.6 Å². The first-order valence-electron chi connectivity index (χ1n) is 9.63. The minimum absolute atomic E-state index is 0.0808. The molecule has 1 aromatic carbocycles. The molecule has 2 aliphatic heterocycles. The normalized spacial score (nSPS) is 19.5. The molecular formula is C19H26N6O3S. The average Bonchev–Trinajstić information content (AvgIpc) is 3.03. The highest BCUT2D eigenvalue weighted by molar-refractivity contribution is 7.86. The fourth-order valence-electron chi connectivity index (χ4n) is 4.16. The summed E-state index contributed by atoms with van der Waals surface area (Å²) < 4.78 is 29.0. The van der Waals surface area contributed by atoms with Crippen LogP contribution in [0.1, 0.15) is 39.5 Å². The topological polar surface area (TPSA) is 114 Å². The quantitative estimate of drug-likeness (QED) is 0.774.